The number of rotatable bonds is 3. The lowest BCUT2D eigenvalue weighted by Crippen LogP contribution is -2.51. The fourth-order valence-electron chi connectivity index (χ4n) is 2.91. The average Bonchev–Trinajstić information content (AvgIpc) is 2.63. The summed E-state index contributed by atoms with van der Waals surface area (Å²) in [5, 5.41) is 12.6. The second-order valence-electron chi connectivity index (χ2n) is 5.68. The Morgan fingerprint density at radius 3 is 2.94 bits per heavy atom. The molecule has 2 aliphatic heterocycles. The Morgan fingerprint density at radius 1 is 1.50 bits per heavy atom. The van der Waals surface area contributed by atoms with E-state index in [1.165, 1.54) is 6.42 Å². The molecule has 0 bridgehead atoms. The zero-order chi connectivity index (χ0) is 11.6. The molecule has 0 saturated carbocycles. The first-order chi connectivity index (χ1) is 7.61. The number of nitrogens with zero attached hydrogens (tertiary/aromatic N) is 1. The Balaban J connectivity index is 1.88. The van der Waals surface area contributed by atoms with E-state index in [0.29, 0.717) is 5.41 Å². The fraction of sp³-hybridized carbons (Fsp3) is 1.00. The minimum Gasteiger partial charge on any atom is -0.394 e. The highest BCUT2D eigenvalue weighted by molar-refractivity contribution is 4.88. The summed E-state index contributed by atoms with van der Waals surface area (Å²) in [6.45, 7) is 9.80. The van der Waals surface area contributed by atoms with Crippen molar-refractivity contribution in [2.75, 3.05) is 39.3 Å². The van der Waals surface area contributed by atoms with Crippen LogP contribution in [0.2, 0.25) is 0 Å². The minimum absolute atomic E-state index is 0.00159. The summed E-state index contributed by atoms with van der Waals surface area (Å²) in [6.07, 6.45) is 1.49. The monoisotopic (exact) mass is 228 g/mol. The summed E-state index contributed by atoms with van der Waals surface area (Å²) in [5.74, 6) is 0. The largest absolute Gasteiger partial charge is 0.394 e. The van der Waals surface area contributed by atoms with Gasteiger partial charge in [-0.2, -0.15) is 0 Å². The Bertz CT molecular complexity index is 229. The molecule has 3 unspecified atom stereocenters. The Hall–Kier alpha value is -0.160. The molecule has 0 amide bonds. The number of ether oxygens (including phenoxy) is 1. The van der Waals surface area contributed by atoms with Crippen molar-refractivity contribution in [1.82, 2.24) is 10.2 Å². The summed E-state index contributed by atoms with van der Waals surface area (Å²) in [5.41, 5.74) is 0.400. The molecule has 16 heavy (non-hydrogen) atoms. The molecule has 0 aromatic rings. The first-order valence-corrected chi connectivity index (χ1v) is 6.31. The van der Waals surface area contributed by atoms with Crippen molar-refractivity contribution in [2.45, 2.75) is 32.5 Å². The van der Waals surface area contributed by atoms with Crippen LogP contribution in [0.1, 0.15) is 20.3 Å². The van der Waals surface area contributed by atoms with Crippen LogP contribution in [0.25, 0.3) is 0 Å². The van der Waals surface area contributed by atoms with Crippen LogP contribution in [-0.4, -0.2) is 61.5 Å². The van der Waals surface area contributed by atoms with Gasteiger partial charge in [-0.15, -0.1) is 0 Å². The van der Waals surface area contributed by atoms with Crippen molar-refractivity contribution in [3.8, 4) is 0 Å². The maximum absolute atomic E-state index is 9.19. The summed E-state index contributed by atoms with van der Waals surface area (Å²) in [6, 6.07) is 0. The van der Waals surface area contributed by atoms with Gasteiger partial charge in [0, 0.05) is 26.2 Å². The second kappa shape index (κ2) is 5.00. The maximum Gasteiger partial charge on any atom is 0.0936 e. The number of nitrogens with one attached hydrogen (secondary N) is 1. The minimum atomic E-state index is 0.00159. The van der Waals surface area contributed by atoms with Crippen LogP contribution in [-0.2, 0) is 4.74 Å². The Morgan fingerprint density at radius 2 is 2.31 bits per heavy atom. The predicted octanol–water partition coefficient (Wildman–Crippen LogP) is 0.0676. The number of aliphatic hydroxyl groups is 1. The molecule has 2 fully saturated rings. The number of morpholine rings is 1. The molecule has 2 saturated heterocycles. The molecule has 94 valence electrons. The van der Waals surface area contributed by atoms with Crippen molar-refractivity contribution in [3.63, 3.8) is 0 Å². The molecule has 2 N–H and O–H groups in total. The quantitative estimate of drug-likeness (QED) is 0.717. The van der Waals surface area contributed by atoms with Gasteiger partial charge < -0.3 is 15.2 Å². The first-order valence-electron chi connectivity index (χ1n) is 6.31. The highest BCUT2D eigenvalue weighted by Gasteiger charge is 2.33. The topological polar surface area (TPSA) is 44.7 Å². The van der Waals surface area contributed by atoms with Gasteiger partial charge in [0.15, 0.2) is 0 Å². The van der Waals surface area contributed by atoms with Gasteiger partial charge in [-0.25, -0.2) is 0 Å². The SMILES string of the molecule is CC1CN(CC2(C)CCNC2)CC(CO)O1. The molecule has 4 heteroatoms. The lowest BCUT2D eigenvalue weighted by atomic mass is 9.89. The molecule has 2 aliphatic rings. The average molecular weight is 228 g/mol. The number of hydrogen-bond donors (Lipinski definition) is 2. The van der Waals surface area contributed by atoms with E-state index in [4.69, 9.17) is 4.74 Å². The van der Waals surface area contributed by atoms with Crippen molar-refractivity contribution in [1.29, 1.82) is 0 Å². The molecule has 0 aliphatic carbocycles. The van der Waals surface area contributed by atoms with E-state index in [9.17, 15) is 5.11 Å². The van der Waals surface area contributed by atoms with Crippen molar-refractivity contribution >= 4 is 0 Å². The molecule has 3 atom stereocenters. The van der Waals surface area contributed by atoms with Crippen LogP contribution < -0.4 is 5.32 Å². The molecular weight excluding hydrogens is 204 g/mol. The Kier molecular flexibility index (Phi) is 3.85. The zero-order valence-electron chi connectivity index (χ0n) is 10.4. The Labute approximate surface area is 98.0 Å². The van der Waals surface area contributed by atoms with E-state index in [-0.39, 0.29) is 18.8 Å². The van der Waals surface area contributed by atoms with Crippen molar-refractivity contribution < 1.29 is 9.84 Å². The molecule has 4 nitrogen and oxygen atoms in total. The lowest BCUT2D eigenvalue weighted by Gasteiger charge is -2.40. The third-order valence-electron chi connectivity index (χ3n) is 3.67. The van der Waals surface area contributed by atoms with E-state index in [1.807, 2.05) is 0 Å². The lowest BCUT2D eigenvalue weighted by molar-refractivity contribution is -0.101. The normalized spacial score (nSPS) is 41.4. The van der Waals surface area contributed by atoms with Crippen LogP contribution in [0.3, 0.4) is 0 Å². The van der Waals surface area contributed by atoms with E-state index >= 15 is 0 Å². The molecule has 0 aromatic heterocycles. The van der Waals surface area contributed by atoms with Crippen LogP contribution >= 0.6 is 0 Å². The molecule has 0 radical (unpaired) electrons. The van der Waals surface area contributed by atoms with Gasteiger partial charge in [-0.1, -0.05) is 6.92 Å². The van der Waals surface area contributed by atoms with E-state index < -0.39 is 0 Å². The standard InChI is InChI=1S/C12H24N2O2/c1-10-5-14(6-11(7-15)16-10)9-12(2)3-4-13-8-12/h10-11,13,15H,3-9H2,1-2H3. The maximum atomic E-state index is 9.19. The van der Waals surface area contributed by atoms with Gasteiger partial charge in [0.1, 0.15) is 0 Å². The molecule has 2 heterocycles. The smallest absolute Gasteiger partial charge is 0.0936 e. The summed E-state index contributed by atoms with van der Waals surface area (Å²) >= 11 is 0. The van der Waals surface area contributed by atoms with Crippen molar-refractivity contribution in [3.05, 3.63) is 0 Å². The van der Waals surface area contributed by atoms with E-state index in [1.54, 1.807) is 0 Å². The third-order valence-corrected chi connectivity index (χ3v) is 3.67. The van der Waals surface area contributed by atoms with Crippen LogP contribution in [0.5, 0.6) is 0 Å². The molecule has 0 aromatic carbocycles. The molecule has 2 rings (SSSR count). The van der Waals surface area contributed by atoms with Crippen LogP contribution in [0, 0.1) is 5.41 Å². The van der Waals surface area contributed by atoms with E-state index in [0.717, 1.165) is 32.7 Å². The highest BCUT2D eigenvalue weighted by atomic mass is 16.5. The van der Waals surface area contributed by atoms with Gasteiger partial charge >= 0.3 is 0 Å². The van der Waals surface area contributed by atoms with Gasteiger partial charge in [0.2, 0.25) is 0 Å². The number of aliphatic hydroxyl groups excluding tert-OH is 1. The van der Waals surface area contributed by atoms with Gasteiger partial charge in [0.25, 0.3) is 0 Å². The zero-order valence-corrected chi connectivity index (χ0v) is 10.4. The molecular formula is C12H24N2O2. The van der Waals surface area contributed by atoms with E-state index in [2.05, 4.69) is 24.1 Å². The summed E-state index contributed by atoms with van der Waals surface area (Å²) in [7, 11) is 0. The predicted molar refractivity (Wildman–Crippen MR) is 63.5 cm³/mol. The molecule has 0 spiro atoms. The fourth-order valence-corrected chi connectivity index (χ4v) is 2.91. The van der Waals surface area contributed by atoms with Crippen LogP contribution in [0.4, 0.5) is 0 Å². The third kappa shape index (κ3) is 2.94. The highest BCUT2D eigenvalue weighted by Crippen LogP contribution is 2.27. The summed E-state index contributed by atoms with van der Waals surface area (Å²) in [4.78, 5) is 2.45. The van der Waals surface area contributed by atoms with Gasteiger partial charge in [-0.05, 0) is 25.3 Å². The number of hydrogen-bond acceptors (Lipinski definition) is 4. The van der Waals surface area contributed by atoms with Gasteiger partial charge in [0.05, 0.1) is 18.8 Å². The first kappa shape index (κ1) is 12.3. The van der Waals surface area contributed by atoms with Crippen LogP contribution in [0.15, 0.2) is 0 Å². The summed E-state index contributed by atoms with van der Waals surface area (Å²) < 4.78 is 5.66. The van der Waals surface area contributed by atoms with Gasteiger partial charge in [-0.3, -0.25) is 4.90 Å². The second-order valence-corrected chi connectivity index (χ2v) is 5.68. The van der Waals surface area contributed by atoms with Crippen molar-refractivity contribution in [2.24, 2.45) is 5.41 Å².